The molecule has 3 aromatic rings. The number of pyridine rings is 1. The molecule has 1 fully saturated rings. The molecule has 4 nitrogen and oxygen atoms in total. The molecule has 1 aliphatic carbocycles. The van der Waals surface area contributed by atoms with Crippen LogP contribution >= 0.6 is 11.6 Å². The van der Waals surface area contributed by atoms with E-state index in [9.17, 15) is 0 Å². The number of aromatic nitrogens is 3. The number of halogens is 1. The van der Waals surface area contributed by atoms with Gasteiger partial charge in [-0.2, -0.15) is 0 Å². The minimum absolute atomic E-state index is 0.434. The molecule has 3 heterocycles. The Morgan fingerprint density at radius 1 is 1.21 bits per heavy atom. The highest BCUT2D eigenvalue weighted by Crippen LogP contribution is 2.46. The third-order valence-electron chi connectivity index (χ3n) is 5.24. The molecule has 5 rings (SSSR count). The van der Waals surface area contributed by atoms with Crippen LogP contribution in [0.2, 0.25) is 5.02 Å². The molecule has 2 aromatic heterocycles. The van der Waals surface area contributed by atoms with Gasteiger partial charge < -0.3 is 4.98 Å². The van der Waals surface area contributed by atoms with Gasteiger partial charge in [-0.15, -0.1) is 0 Å². The van der Waals surface area contributed by atoms with Gasteiger partial charge in [0.15, 0.2) is 0 Å². The zero-order valence-electron chi connectivity index (χ0n) is 13.4. The van der Waals surface area contributed by atoms with Gasteiger partial charge >= 0.3 is 0 Å². The summed E-state index contributed by atoms with van der Waals surface area (Å²) >= 11 is 6.32. The molecule has 0 spiro atoms. The molecule has 24 heavy (non-hydrogen) atoms. The Labute approximate surface area is 145 Å². The van der Waals surface area contributed by atoms with Crippen molar-refractivity contribution in [2.75, 3.05) is 6.54 Å². The van der Waals surface area contributed by atoms with Crippen LogP contribution in [0.4, 0.5) is 0 Å². The lowest BCUT2D eigenvalue weighted by atomic mass is 9.98. The van der Waals surface area contributed by atoms with Crippen molar-refractivity contribution in [2.45, 2.75) is 31.8 Å². The van der Waals surface area contributed by atoms with E-state index < -0.39 is 0 Å². The summed E-state index contributed by atoms with van der Waals surface area (Å²) in [4.78, 5) is 15.3. The quantitative estimate of drug-likeness (QED) is 0.781. The topological polar surface area (TPSA) is 44.8 Å². The third kappa shape index (κ3) is 2.41. The summed E-state index contributed by atoms with van der Waals surface area (Å²) in [6.07, 6.45) is 5.50. The van der Waals surface area contributed by atoms with Crippen LogP contribution in [0.1, 0.15) is 36.0 Å². The van der Waals surface area contributed by atoms with E-state index in [1.54, 1.807) is 0 Å². The van der Waals surface area contributed by atoms with E-state index >= 15 is 0 Å². The Balaban J connectivity index is 1.48. The van der Waals surface area contributed by atoms with Crippen LogP contribution < -0.4 is 0 Å². The molecule has 1 N–H and O–H groups in total. The maximum absolute atomic E-state index is 6.32. The number of H-pyrrole nitrogens is 1. The highest BCUT2D eigenvalue weighted by molar-refractivity contribution is 6.35. The van der Waals surface area contributed by atoms with Crippen LogP contribution in [0.15, 0.2) is 36.7 Å². The van der Waals surface area contributed by atoms with Gasteiger partial charge in [0.2, 0.25) is 0 Å². The van der Waals surface area contributed by atoms with Crippen LogP contribution in [0.5, 0.6) is 0 Å². The zero-order valence-corrected chi connectivity index (χ0v) is 14.1. The van der Waals surface area contributed by atoms with Crippen LogP contribution in [-0.2, 0) is 13.0 Å². The lowest BCUT2D eigenvalue weighted by Crippen LogP contribution is -2.36. The highest BCUT2D eigenvalue weighted by Gasteiger charge is 2.40. The molecule has 1 atom stereocenters. The van der Waals surface area contributed by atoms with E-state index in [4.69, 9.17) is 16.6 Å². The van der Waals surface area contributed by atoms with Crippen molar-refractivity contribution in [1.82, 2.24) is 19.9 Å². The van der Waals surface area contributed by atoms with Crippen molar-refractivity contribution in [3.05, 3.63) is 58.8 Å². The van der Waals surface area contributed by atoms with Gasteiger partial charge in [0.05, 0.1) is 34.3 Å². The fourth-order valence-corrected chi connectivity index (χ4v) is 4.14. The summed E-state index contributed by atoms with van der Waals surface area (Å²) in [5, 5.41) is 1.82. The minimum Gasteiger partial charge on any atom is -0.348 e. The lowest BCUT2D eigenvalue weighted by Gasteiger charge is -2.35. The van der Waals surface area contributed by atoms with Gasteiger partial charge in [0.1, 0.15) is 0 Å². The third-order valence-corrected chi connectivity index (χ3v) is 5.54. The van der Waals surface area contributed by atoms with E-state index in [-0.39, 0.29) is 0 Å². The number of fused-ring (bicyclic) bond motifs is 2. The molecule has 1 aliphatic heterocycles. The summed E-state index contributed by atoms with van der Waals surface area (Å²) in [7, 11) is 0. The number of hydrogen-bond donors (Lipinski definition) is 1. The molecule has 0 bridgehead atoms. The van der Waals surface area contributed by atoms with Crippen molar-refractivity contribution < 1.29 is 0 Å². The molecule has 0 unspecified atom stereocenters. The molecular weight excluding hydrogens is 320 g/mol. The standard InChI is InChI=1S/C19H19ClN4/c20-15-3-1-2-12-6-7-14(23-17(12)15)10-24-9-8-16-18(22-11-21-16)19(24)13-4-5-13/h1-3,6-7,11,13,19H,4-5,8-10H2,(H,21,22)/t19-/m1/s1. The Morgan fingerprint density at radius 2 is 2.12 bits per heavy atom. The predicted molar refractivity (Wildman–Crippen MR) is 94.9 cm³/mol. The number of imidazole rings is 1. The van der Waals surface area contributed by atoms with E-state index in [2.05, 4.69) is 33.1 Å². The largest absolute Gasteiger partial charge is 0.348 e. The van der Waals surface area contributed by atoms with E-state index in [1.807, 2.05) is 18.5 Å². The fraction of sp³-hybridized carbons (Fsp3) is 0.368. The van der Waals surface area contributed by atoms with E-state index in [1.165, 1.54) is 24.2 Å². The minimum atomic E-state index is 0.434. The molecular formula is C19H19ClN4. The van der Waals surface area contributed by atoms with Gasteiger partial charge in [-0.3, -0.25) is 4.90 Å². The zero-order chi connectivity index (χ0) is 16.1. The molecule has 1 aromatic carbocycles. The molecule has 5 heteroatoms. The number of para-hydroxylation sites is 1. The van der Waals surface area contributed by atoms with Crippen molar-refractivity contribution in [2.24, 2.45) is 5.92 Å². The summed E-state index contributed by atoms with van der Waals surface area (Å²) < 4.78 is 0. The number of nitrogens with one attached hydrogen (secondary N) is 1. The summed E-state index contributed by atoms with van der Waals surface area (Å²) in [5.74, 6) is 0.747. The summed E-state index contributed by atoms with van der Waals surface area (Å²) in [6, 6.07) is 10.6. The summed E-state index contributed by atoms with van der Waals surface area (Å²) in [5.41, 5.74) is 4.55. The predicted octanol–water partition coefficient (Wildman–Crippen LogP) is 4.12. The number of aromatic amines is 1. The average Bonchev–Trinajstić information content (AvgIpc) is 3.32. The van der Waals surface area contributed by atoms with Crippen molar-refractivity contribution >= 4 is 22.5 Å². The first-order chi connectivity index (χ1) is 11.8. The Kier molecular flexibility index (Phi) is 3.35. The van der Waals surface area contributed by atoms with Gasteiger partial charge in [0, 0.05) is 30.6 Å². The molecule has 0 amide bonds. The highest BCUT2D eigenvalue weighted by atomic mass is 35.5. The first-order valence-electron chi connectivity index (χ1n) is 8.60. The SMILES string of the molecule is Clc1cccc2ccc(CN3CCc4[nH]cnc4[C@H]3C3CC3)nc12. The molecule has 2 aliphatic rings. The van der Waals surface area contributed by atoms with Gasteiger partial charge in [-0.25, -0.2) is 9.97 Å². The van der Waals surface area contributed by atoms with Gasteiger partial charge in [-0.05, 0) is 30.9 Å². The number of hydrogen-bond acceptors (Lipinski definition) is 3. The van der Waals surface area contributed by atoms with Crippen LogP contribution in [-0.4, -0.2) is 26.4 Å². The normalized spacial score (nSPS) is 21.1. The number of rotatable bonds is 3. The van der Waals surface area contributed by atoms with Crippen LogP contribution in [0.25, 0.3) is 10.9 Å². The fourth-order valence-electron chi connectivity index (χ4n) is 3.91. The second kappa shape index (κ2) is 5.57. The summed E-state index contributed by atoms with van der Waals surface area (Å²) in [6.45, 7) is 1.91. The maximum Gasteiger partial charge on any atom is 0.0925 e. The molecule has 1 saturated carbocycles. The monoisotopic (exact) mass is 338 g/mol. The van der Waals surface area contributed by atoms with E-state index in [0.29, 0.717) is 6.04 Å². The first-order valence-corrected chi connectivity index (χ1v) is 8.98. The molecule has 0 saturated heterocycles. The number of nitrogens with zero attached hydrogens (tertiary/aromatic N) is 3. The Morgan fingerprint density at radius 3 is 3.00 bits per heavy atom. The van der Waals surface area contributed by atoms with Crippen molar-refractivity contribution in [3.63, 3.8) is 0 Å². The Hall–Kier alpha value is -1.91. The maximum atomic E-state index is 6.32. The molecule has 122 valence electrons. The Bertz CT molecular complexity index is 899. The second-order valence-electron chi connectivity index (χ2n) is 6.88. The average molecular weight is 339 g/mol. The molecule has 0 radical (unpaired) electrons. The van der Waals surface area contributed by atoms with E-state index in [0.717, 1.165) is 47.0 Å². The second-order valence-corrected chi connectivity index (χ2v) is 7.29. The smallest absolute Gasteiger partial charge is 0.0925 e. The van der Waals surface area contributed by atoms with Gasteiger partial charge in [-0.1, -0.05) is 29.8 Å². The lowest BCUT2D eigenvalue weighted by molar-refractivity contribution is 0.151. The van der Waals surface area contributed by atoms with Crippen LogP contribution in [0, 0.1) is 5.92 Å². The first kappa shape index (κ1) is 14.4. The van der Waals surface area contributed by atoms with Crippen molar-refractivity contribution in [1.29, 1.82) is 0 Å². The van der Waals surface area contributed by atoms with Gasteiger partial charge in [0.25, 0.3) is 0 Å². The number of benzene rings is 1. The van der Waals surface area contributed by atoms with Crippen LogP contribution in [0.3, 0.4) is 0 Å². The van der Waals surface area contributed by atoms with Crippen molar-refractivity contribution in [3.8, 4) is 0 Å².